The predicted molar refractivity (Wildman–Crippen MR) is 103 cm³/mol. The highest BCUT2D eigenvalue weighted by molar-refractivity contribution is 7.89. The number of carbonyl (C=O) groups excluding carboxylic acids is 2. The van der Waals surface area contributed by atoms with Crippen LogP contribution in [0.1, 0.15) is 19.4 Å². The molecule has 0 saturated heterocycles. The standard InChI is InChI=1S/C19H22N2O6S/c1-12-6-4-8-16(10-12)26-14(3)19(23)27-13(2)18(22)21-15-7-5-9-17(11-15)28(20,24)25/h4-11,13-14H,1-3H3,(H,21,22)(H2,20,24,25)/t13-,14-/m1/s1. The van der Waals surface area contributed by atoms with Crippen LogP contribution in [0.3, 0.4) is 0 Å². The van der Waals surface area contributed by atoms with Crippen LogP contribution in [0.25, 0.3) is 0 Å². The Morgan fingerprint density at radius 1 is 1.04 bits per heavy atom. The first kappa shape index (κ1) is 21.4. The van der Waals surface area contributed by atoms with Gasteiger partial charge in [0.2, 0.25) is 10.0 Å². The smallest absolute Gasteiger partial charge is 0.347 e. The number of rotatable bonds is 7. The molecule has 8 nitrogen and oxygen atoms in total. The van der Waals surface area contributed by atoms with Crippen LogP contribution in [0.4, 0.5) is 5.69 Å². The van der Waals surface area contributed by atoms with Gasteiger partial charge in [0, 0.05) is 5.69 Å². The Bertz CT molecular complexity index is 974. The van der Waals surface area contributed by atoms with E-state index in [9.17, 15) is 18.0 Å². The normalized spacial score (nSPS) is 13.3. The fraction of sp³-hybridized carbons (Fsp3) is 0.263. The number of sulfonamides is 1. The average Bonchev–Trinajstić information content (AvgIpc) is 2.61. The van der Waals surface area contributed by atoms with Gasteiger partial charge in [0.05, 0.1) is 4.90 Å². The SMILES string of the molecule is Cc1cccc(O[C@H](C)C(=O)O[C@H](C)C(=O)Nc2cccc(S(N)(=O)=O)c2)c1. The van der Waals surface area contributed by atoms with Gasteiger partial charge in [-0.1, -0.05) is 18.2 Å². The second-order valence-electron chi connectivity index (χ2n) is 6.22. The van der Waals surface area contributed by atoms with Crippen molar-refractivity contribution in [2.24, 2.45) is 5.14 Å². The number of anilines is 1. The van der Waals surface area contributed by atoms with Gasteiger partial charge in [-0.25, -0.2) is 18.4 Å². The number of aryl methyl sites for hydroxylation is 1. The third kappa shape index (κ3) is 6.07. The van der Waals surface area contributed by atoms with E-state index in [0.29, 0.717) is 5.75 Å². The van der Waals surface area contributed by atoms with Gasteiger partial charge < -0.3 is 14.8 Å². The maximum Gasteiger partial charge on any atom is 0.347 e. The summed E-state index contributed by atoms with van der Waals surface area (Å²) in [6.07, 6.45) is -2.03. The van der Waals surface area contributed by atoms with Crippen LogP contribution < -0.4 is 15.2 Å². The molecular weight excluding hydrogens is 384 g/mol. The highest BCUT2D eigenvalue weighted by Crippen LogP contribution is 2.16. The van der Waals surface area contributed by atoms with Crippen molar-refractivity contribution in [3.63, 3.8) is 0 Å². The van der Waals surface area contributed by atoms with Gasteiger partial charge in [-0.15, -0.1) is 0 Å². The third-order valence-electron chi connectivity index (χ3n) is 3.73. The molecule has 3 N–H and O–H groups in total. The van der Waals surface area contributed by atoms with Gasteiger partial charge in [-0.3, -0.25) is 4.79 Å². The second-order valence-corrected chi connectivity index (χ2v) is 7.78. The minimum absolute atomic E-state index is 0.143. The zero-order valence-corrected chi connectivity index (χ0v) is 16.5. The number of hydrogen-bond acceptors (Lipinski definition) is 6. The van der Waals surface area contributed by atoms with Crippen molar-refractivity contribution in [1.29, 1.82) is 0 Å². The fourth-order valence-electron chi connectivity index (χ4n) is 2.26. The maximum atomic E-state index is 12.2. The molecule has 0 aliphatic carbocycles. The Morgan fingerprint density at radius 2 is 1.71 bits per heavy atom. The molecule has 0 aromatic heterocycles. The zero-order valence-electron chi connectivity index (χ0n) is 15.7. The summed E-state index contributed by atoms with van der Waals surface area (Å²) < 4.78 is 33.4. The lowest BCUT2D eigenvalue weighted by Gasteiger charge is -2.18. The summed E-state index contributed by atoms with van der Waals surface area (Å²) in [5, 5.41) is 7.54. The monoisotopic (exact) mass is 406 g/mol. The maximum absolute atomic E-state index is 12.2. The summed E-state index contributed by atoms with van der Waals surface area (Å²) in [6, 6.07) is 12.6. The lowest BCUT2D eigenvalue weighted by Crippen LogP contribution is -2.35. The Labute approximate surface area is 163 Å². The van der Waals surface area contributed by atoms with Gasteiger partial charge in [0.15, 0.2) is 12.2 Å². The number of benzene rings is 2. The Balaban J connectivity index is 1.95. The molecule has 2 aromatic rings. The molecule has 0 heterocycles. The zero-order chi connectivity index (χ0) is 20.9. The molecule has 2 rings (SSSR count). The Morgan fingerprint density at radius 3 is 2.36 bits per heavy atom. The molecule has 0 spiro atoms. The minimum atomic E-state index is -3.90. The van der Waals surface area contributed by atoms with Crippen LogP contribution in [-0.2, 0) is 24.3 Å². The largest absolute Gasteiger partial charge is 0.479 e. The van der Waals surface area contributed by atoms with E-state index in [-0.39, 0.29) is 10.6 Å². The van der Waals surface area contributed by atoms with Crippen molar-refractivity contribution >= 4 is 27.6 Å². The summed E-state index contributed by atoms with van der Waals surface area (Å²) in [7, 11) is -3.90. The van der Waals surface area contributed by atoms with E-state index in [2.05, 4.69) is 5.32 Å². The van der Waals surface area contributed by atoms with E-state index >= 15 is 0 Å². The first-order valence-corrected chi connectivity index (χ1v) is 9.98. The number of primary sulfonamides is 1. The summed E-state index contributed by atoms with van der Waals surface area (Å²) in [5.74, 6) is -0.813. The number of hydrogen-bond donors (Lipinski definition) is 2. The molecule has 0 radical (unpaired) electrons. The molecular formula is C19H22N2O6S. The van der Waals surface area contributed by atoms with E-state index in [1.54, 1.807) is 18.2 Å². The molecule has 9 heteroatoms. The van der Waals surface area contributed by atoms with E-state index < -0.39 is 34.1 Å². The first-order valence-electron chi connectivity index (χ1n) is 8.44. The molecule has 0 aliphatic heterocycles. The lowest BCUT2D eigenvalue weighted by molar-refractivity contribution is -0.159. The average molecular weight is 406 g/mol. The van der Waals surface area contributed by atoms with Crippen molar-refractivity contribution < 1.29 is 27.5 Å². The number of carbonyl (C=O) groups is 2. The van der Waals surface area contributed by atoms with Crippen molar-refractivity contribution in [2.75, 3.05) is 5.32 Å². The van der Waals surface area contributed by atoms with Crippen LogP contribution in [0.15, 0.2) is 53.4 Å². The van der Waals surface area contributed by atoms with E-state index in [4.69, 9.17) is 14.6 Å². The van der Waals surface area contributed by atoms with Crippen molar-refractivity contribution in [2.45, 2.75) is 37.9 Å². The Hall–Kier alpha value is -2.91. The quantitative estimate of drug-likeness (QED) is 0.678. The second kappa shape index (κ2) is 8.85. The van der Waals surface area contributed by atoms with E-state index in [0.717, 1.165) is 5.56 Å². The molecule has 0 unspecified atom stereocenters. The van der Waals surface area contributed by atoms with E-state index in [1.165, 1.54) is 38.1 Å². The molecule has 2 aromatic carbocycles. The van der Waals surface area contributed by atoms with Gasteiger partial charge in [0.25, 0.3) is 5.91 Å². The third-order valence-corrected chi connectivity index (χ3v) is 4.64. The highest BCUT2D eigenvalue weighted by atomic mass is 32.2. The van der Waals surface area contributed by atoms with E-state index in [1.807, 2.05) is 13.0 Å². The van der Waals surface area contributed by atoms with Crippen LogP contribution in [0.5, 0.6) is 5.75 Å². The van der Waals surface area contributed by atoms with Crippen molar-refractivity contribution in [3.05, 3.63) is 54.1 Å². The number of nitrogens with one attached hydrogen (secondary N) is 1. The number of esters is 1. The first-order chi connectivity index (χ1) is 13.1. The van der Waals surface area contributed by atoms with Crippen molar-refractivity contribution in [1.82, 2.24) is 0 Å². The van der Waals surface area contributed by atoms with Gasteiger partial charge in [-0.2, -0.15) is 0 Å². The number of amides is 1. The number of ether oxygens (including phenoxy) is 2. The molecule has 0 fully saturated rings. The molecule has 2 atom stereocenters. The Kier molecular flexibility index (Phi) is 6.76. The molecule has 0 bridgehead atoms. The van der Waals surface area contributed by atoms with Gasteiger partial charge in [-0.05, 0) is 56.7 Å². The summed E-state index contributed by atoms with van der Waals surface area (Å²) in [4.78, 5) is 24.2. The topological polar surface area (TPSA) is 125 Å². The molecule has 150 valence electrons. The van der Waals surface area contributed by atoms with Crippen LogP contribution in [-0.4, -0.2) is 32.5 Å². The predicted octanol–water partition coefficient (Wildman–Crippen LogP) is 1.98. The van der Waals surface area contributed by atoms with Crippen LogP contribution in [0.2, 0.25) is 0 Å². The summed E-state index contributed by atoms with van der Waals surface area (Å²) >= 11 is 0. The van der Waals surface area contributed by atoms with Gasteiger partial charge >= 0.3 is 5.97 Å². The molecule has 0 saturated carbocycles. The van der Waals surface area contributed by atoms with Crippen molar-refractivity contribution in [3.8, 4) is 5.75 Å². The summed E-state index contributed by atoms with van der Waals surface area (Å²) in [6.45, 7) is 4.81. The highest BCUT2D eigenvalue weighted by Gasteiger charge is 2.23. The van der Waals surface area contributed by atoms with Crippen LogP contribution >= 0.6 is 0 Å². The molecule has 1 amide bonds. The minimum Gasteiger partial charge on any atom is -0.479 e. The summed E-state index contributed by atoms with van der Waals surface area (Å²) in [5.41, 5.74) is 1.19. The van der Waals surface area contributed by atoms with Crippen LogP contribution in [0, 0.1) is 6.92 Å². The van der Waals surface area contributed by atoms with Gasteiger partial charge in [0.1, 0.15) is 5.75 Å². The number of nitrogens with two attached hydrogens (primary N) is 1. The molecule has 28 heavy (non-hydrogen) atoms. The molecule has 0 aliphatic rings. The fourth-order valence-corrected chi connectivity index (χ4v) is 2.82. The lowest BCUT2D eigenvalue weighted by atomic mass is 10.2.